The predicted molar refractivity (Wildman–Crippen MR) is 121 cm³/mol. The Bertz CT molecular complexity index is 1510. The molecule has 1 saturated heterocycles. The zero-order valence-corrected chi connectivity index (χ0v) is 18.8. The highest BCUT2D eigenvalue weighted by molar-refractivity contribution is 7.89. The van der Waals surface area contributed by atoms with Crippen molar-refractivity contribution in [2.45, 2.75) is 30.6 Å². The summed E-state index contributed by atoms with van der Waals surface area (Å²) in [5.41, 5.74) is 1.99. The Labute approximate surface area is 187 Å². The molecule has 1 fully saturated rings. The molecule has 11 heteroatoms. The number of hydrogen-bond acceptors (Lipinski definition) is 7. The molecule has 0 unspecified atom stereocenters. The highest BCUT2D eigenvalue weighted by Crippen LogP contribution is 2.37. The number of ether oxygens (including phenoxy) is 1. The Morgan fingerprint density at radius 1 is 1.12 bits per heavy atom. The van der Waals surface area contributed by atoms with Crippen LogP contribution in [0.1, 0.15) is 23.3 Å². The number of nitrogens with one attached hydrogen (secondary N) is 1. The van der Waals surface area contributed by atoms with Crippen molar-refractivity contribution >= 4 is 37.2 Å². The number of aromatic amines is 1. The van der Waals surface area contributed by atoms with Gasteiger partial charge in [0, 0.05) is 23.5 Å². The second-order valence-electron chi connectivity index (χ2n) is 8.06. The monoisotopic (exact) mass is 471 g/mol. The minimum absolute atomic E-state index is 0.183. The van der Waals surface area contributed by atoms with Crippen molar-refractivity contribution < 1.29 is 13.2 Å². The molecule has 0 atom stereocenters. The van der Waals surface area contributed by atoms with Gasteiger partial charge in [-0.1, -0.05) is 12.1 Å². The first kappa shape index (κ1) is 20.0. The lowest BCUT2D eigenvalue weighted by Crippen LogP contribution is -2.40. The van der Waals surface area contributed by atoms with Gasteiger partial charge in [-0.3, -0.25) is 4.98 Å². The Morgan fingerprint density at radius 2 is 1.94 bits per heavy atom. The van der Waals surface area contributed by atoms with E-state index in [2.05, 4.69) is 10.1 Å². The zero-order valence-electron chi connectivity index (χ0n) is 17.2. The number of morpholine rings is 1. The fraction of sp³-hybridized carbons (Fsp3) is 0.381. The Morgan fingerprint density at radius 3 is 2.78 bits per heavy atom. The van der Waals surface area contributed by atoms with E-state index in [1.165, 1.54) is 19.3 Å². The van der Waals surface area contributed by atoms with E-state index >= 15 is 0 Å². The second-order valence-corrected chi connectivity index (χ2v) is 11.1. The van der Waals surface area contributed by atoms with Crippen molar-refractivity contribution in [3.63, 3.8) is 0 Å². The fourth-order valence-corrected chi connectivity index (χ4v) is 7.24. The average molecular weight is 472 g/mol. The lowest BCUT2D eigenvalue weighted by Gasteiger charge is -2.26. The number of rotatable bonds is 3. The third-order valence-corrected chi connectivity index (χ3v) is 9.22. The molecule has 4 aromatic rings. The van der Waals surface area contributed by atoms with Crippen LogP contribution in [0.5, 0.6) is 0 Å². The van der Waals surface area contributed by atoms with Crippen LogP contribution in [-0.2, 0) is 27.6 Å². The maximum absolute atomic E-state index is 13.1. The van der Waals surface area contributed by atoms with Crippen molar-refractivity contribution in [3.8, 4) is 11.4 Å². The average Bonchev–Trinajstić information content (AvgIpc) is 3.41. The first-order chi connectivity index (χ1) is 15.5. The summed E-state index contributed by atoms with van der Waals surface area (Å²) in [5.74, 6) is 0.331. The summed E-state index contributed by atoms with van der Waals surface area (Å²) in [7, 11) is -3.64. The highest BCUT2D eigenvalue weighted by Gasteiger charge is 2.27. The summed E-state index contributed by atoms with van der Waals surface area (Å²) >= 11 is 1.62. The van der Waals surface area contributed by atoms with Gasteiger partial charge in [-0.15, -0.1) is 16.4 Å². The van der Waals surface area contributed by atoms with Gasteiger partial charge in [0.05, 0.1) is 23.5 Å². The summed E-state index contributed by atoms with van der Waals surface area (Å²) in [5, 5.41) is 5.39. The summed E-state index contributed by atoms with van der Waals surface area (Å²) < 4.78 is 34.1. The van der Waals surface area contributed by atoms with Gasteiger partial charge in [0.2, 0.25) is 10.0 Å². The SMILES string of the molecule is O=c1[nH]c2sc3c(c2c2nc(-c4cccc(S(=O)(=O)N5CCOCC5)c4)nn12)CCCC3. The van der Waals surface area contributed by atoms with E-state index < -0.39 is 10.0 Å². The Hall–Kier alpha value is -2.60. The molecule has 0 amide bonds. The Kier molecular flexibility index (Phi) is 4.68. The standard InChI is InChI=1S/C21H21N5O4S2/c27-21-23-20-17(15-6-1-2-7-16(15)31-20)19-22-18(24-26(19)21)13-4-3-5-14(12-13)32(28,29)25-8-10-30-11-9-25/h3-5,12H,1-2,6-11H2,(H,23,27). The maximum Gasteiger partial charge on any atom is 0.349 e. The number of thiophene rings is 1. The normalized spacial score (nSPS) is 17.8. The van der Waals surface area contributed by atoms with E-state index in [1.807, 2.05) is 0 Å². The van der Waals surface area contributed by atoms with Crippen LogP contribution >= 0.6 is 11.3 Å². The number of hydrogen-bond donors (Lipinski definition) is 1. The smallest absolute Gasteiger partial charge is 0.349 e. The molecule has 166 valence electrons. The highest BCUT2D eigenvalue weighted by atomic mass is 32.2. The summed E-state index contributed by atoms with van der Waals surface area (Å²) in [4.78, 5) is 22.6. The summed E-state index contributed by atoms with van der Waals surface area (Å²) in [6.07, 6.45) is 4.26. The molecule has 3 aromatic heterocycles. The van der Waals surface area contributed by atoms with Gasteiger partial charge in [0.1, 0.15) is 4.83 Å². The molecule has 2 aliphatic rings. The molecular weight excluding hydrogens is 450 g/mol. The van der Waals surface area contributed by atoms with Crippen LogP contribution in [-0.4, -0.2) is 58.6 Å². The third kappa shape index (κ3) is 3.11. The van der Waals surface area contributed by atoms with Crippen molar-refractivity contribution in [2.24, 2.45) is 0 Å². The molecule has 0 radical (unpaired) electrons. The molecule has 6 rings (SSSR count). The summed E-state index contributed by atoms with van der Waals surface area (Å²) in [6.45, 7) is 1.43. The molecule has 4 heterocycles. The van der Waals surface area contributed by atoms with Crippen LogP contribution in [0.3, 0.4) is 0 Å². The van der Waals surface area contributed by atoms with Crippen molar-refractivity contribution in [2.75, 3.05) is 26.3 Å². The molecule has 1 N–H and O–H groups in total. The van der Waals surface area contributed by atoms with Crippen molar-refractivity contribution in [1.29, 1.82) is 0 Å². The molecule has 1 aromatic carbocycles. The van der Waals surface area contributed by atoms with Crippen LogP contribution in [0.15, 0.2) is 34.0 Å². The molecule has 32 heavy (non-hydrogen) atoms. The van der Waals surface area contributed by atoms with Gasteiger partial charge in [-0.05, 0) is 43.4 Å². The lowest BCUT2D eigenvalue weighted by atomic mass is 9.97. The van der Waals surface area contributed by atoms with Gasteiger partial charge >= 0.3 is 5.69 Å². The van der Waals surface area contributed by atoms with E-state index in [4.69, 9.17) is 9.72 Å². The fourth-order valence-electron chi connectivity index (χ4n) is 4.51. The van der Waals surface area contributed by atoms with Crippen LogP contribution in [0.4, 0.5) is 0 Å². The largest absolute Gasteiger partial charge is 0.379 e. The molecule has 1 aliphatic heterocycles. The number of fused-ring (bicyclic) bond motifs is 5. The zero-order chi connectivity index (χ0) is 21.9. The van der Waals surface area contributed by atoms with E-state index in [-0.39, 0.29) is 10.6 Å². The quantitative estimate of drug-likeness (QED) is 0.491. The molecule has 1 aliphatic carbocycles. The summed E-state index contributed by atoms with van der Waals surface area (Å²) in [6, 6.07) is 6.60. The molecule has 0 spiro atoms. The van der Waals surface area contributed by atoms with Gasteiger partial charge in [0.15, 0.2) is 11.5 Å². The number of aromatic nitrogens is 4. The number of H-pyrrole nitrogens is 1. The van der Waals surface area contributed by atoms with Gasteiger partial charge < -0.3 is 4.74 Å². The van der Waals surface area contributed by atoms with Crippen LogP contribution in [0.25, 0.3) is 27.3 Å². The van der Waals surface area contributed by atoms with Crippen LogP contribution in [0.2, 0.25) is 0 Å². The molecule has 9 nitrogen and oxygen atoms in total. The number of aryl methyl sites for hydroxylation is 2. The Balaban J connectivity index is 1.48. The minimum Gasteiger partial charge on any atom is -0.379 e. The topological polar surface area (TPSA) is 110 Å². The van der Waals surface area contributed by atoms with Crippen molar-refractivity contribution in [3.05, 3.63) is 45.2 Å². The van der Waals surface area contributed by atoms with E-state index in [0.29, 0.717) is 43.3 Å². The first-order valence-corrected chi connectivity index (χ1v) is 12.9. The van der Waals surface area contributed by atoms with Gasteiger partial charge in [0.25, 0.3) is 0 Å². The number of nitrogens with zero attached hydrogens (tertiary/aromatic N) is 4. The first-order valence-electron chi connectivity index (χ1n) is 10.6. The van der Waals surface area contributed by atoms with Crippen LogP contribution < -0.4 is 5.69 Å². The molecular formula is C21H21N5O4S2. The van der Waals surface area contributed by atoms with Gasteiger partial charge in [-0.2, -0.15) is 8.82 Å². The molecule has 0 bridgehead atoms. The van der Waals surface area contributed by atoms with E-state index in [0.717, 1.165) is 35.9 Å². The van der Waals surface area contributed by atoms with Crippen molar-refractivity contribution in [1.82, 2.24) is 23.9 Å². The maximum atomic E-state index is 13.1. The van der Waals surface area contributed by atoms with E-state index in [1.54, 1.807) is 35.6 Å². The molecule has 0 saturated carbocycles. The number of sulfonamides is 1. The number of benzene rings is 1. The lowest BCUT2D eigenvalue weighted by molar-refractivity contribution is 0.0730. The van der Waals surface area contributed by atoms with E-state index in [9.17, 15) is 13.2 Å². The third-order valence-electron chi connectivity index (χ3n) is 6.11. The van der Waals surface area contributed by atoms with Gasteiger partial charge in [-0.25, -0.2) is 18.2 Å². The minimum atomic E-state index is -3.64. The van der Waals surface area contributed by atoms with Crippen LogP contribution in [0, 0.1) is 0 Å². The predicted octanol–water partition coefficient (Wildman–Crippen LogP) is 2.20. The second kappa shape index (κ2) is 7.48.